The molecule has 0 amide bonds. The molecule has 7 heteroatoms. The van der Waals surface area contributed by atoms with Crippen LogP contribution in [0.1, 0.15) is 47.1 Å². The second-order valence-corrected chi connectivity index (χ2v) is 10.7. The van der Waals surface area contributed by atoms with Gasteiger partial charge in [0.1, 0.15) is 5.82 Å². The topological polar surface area (TPSA) is 51.3 Å². The van der Waals surface area contributed by atoms with Crippen LogP contribution in [0.2, 0.25) is 0 Å². The molecule has 204 valence electrons. The number of piperazine rings is 1. The average Bonchev–Trinajstić information content (AvgIpc) is 3.37. The van der Waals surface area contributed by atoms with Crippen molar-refractivity contribution in [3.05, 3.63) is 108 Å². The standard InChI is InChI=1S/C32H38N6.BrH/c1-2-17-36-18-20-37(21-19-36)22-25-12-14-26(15-13-25)23-38(24-31-34-28-9-3-4-10-29(28)35-31)30-11-5-7-27-8-6-16-33-32(27)30;/h2-4,6,8-10,12-16,30H,1,5,7,11,17-24H2,(H,34,35);1H. The number of benzene rings is 2. The van der Waals surface area contributed by atoms with Crippen LogP contribution in [0.25, 0.3) is 11.0 Å². The fourth-order valence-electron chi connectivity index (χ4n) is 6.04. The van der Waals surface area contributed by atoms with Crippen molar-refractivity contribution in [1.82, 2.24) is 29.7 Å². The van der Waals surface area contributed by atoms with Crippen LogP contribution in [0.15, 0.2) is 79.5 Å². The fourth-order valence-corrected chi connectivity index (χ4v) is 6.04. The van der Waals surface area contributed by atoms with E-state index in [1.807, 2.05) is 12.3 Å². The van der Waals surface area contributed by atoms with E-state index < -0.39 is 0 Å². The zero-order valence-corrected chi connectivity index (χ0v) is 24.3. The SMILES string of the molecule is Br.C=CCN1CCN(Cc2ccc(CN(Cc3nc4ccccc4[nH]3)C3CCCc4cccnc43)cc2)CC1. The zero-order chi connectivity index (χ0) is 25.7. The molecule has 0 bridgehead atoms. The highest BCUT2D eigenvalue weighted by molar-refractivity contribution is 8.93. The number of halogens is 1. The van der Waals surface area contributed by atoms with Gasteiger partial charge in [0.2, 0.25) is 0 Å². The van der Waals surface area contributed by atoms with Crippen molar-refractivity contribution in [3.8, 4) is 0 Å². The number of rotatable bonds is 9. The highest BCUT2D eigenvalue weighted by Crippen LogP contribution is 2.34. The number of para-hydroxylation sites is 2. The van der Waals surface area contributed by atoms with Crippen molar-refractivity contribution in [2.45, 2.75) is 44.9 Å². The second-order valence-electron chi connectivity index (χ2n) is 10.7. The largest absolute Gasteiger partial charge is 0.341 e. The lowest BCUT2D eigenvalue weighted by atomic mass is 9.90. The minimum absolute atomic E-state index is 0. The number of aromatic nitrogens is 3. The molecule has 0 spiro atoms. The zero-order valence-electron chi connectivity index (χ0n) is 22.6. The number of aromatic amines is 1. The Labute approximate surface area is 242 Å². The molecule has 6 rings (SSSR count). The quantitative estimate of drug-likeness (QED) is 0.247. The smallest absolute Gasteiger partial charge is 0.121 e. The van der Waals surface area contributed by atoms with Crippen LogP contribution in [-0.2, 0) is 26.1 Å². The number of aryl methyl sites for hydroxylation is 1. The molecule has 6 nitrogen and oxygen atoms in total. The number of nitrogens with zero attached hydrogens (tertiary/aromatic N) is 5. The number of pyridine rings is 1. The van der Waals surface area contributed by atoms with Gasteiger partial charge in [-0.05, 0) is 54.2 Å². The fraction of sp³-hybridized carbons (Fsp3) is 0.375. The normalized spacial score (nSPS) is 18.1. The Morgan fingerprint density at radius 2 is 1.69 bits per heavy atom. The molecule has 0 saturated carbocycles. The molecule has 1 saturated heterocycles. The highest BCUT2D eigenvalue weighted by Gasteiger charge is 2.28. The number of H-pyrrole nitrogens is 1. The minimum atomic E-state index is 0. The maximum atomic E-state index is 4.91. The van der Waals surface area contributed by atoms with Crippen LogP contribution in [-0.4, -0.2) is 62.4 Å². The lowest BCUT2D eigenvalue weighted by Gasteiger charge is -2.35. The van der Waals surface area contributed by atoms with Gasteiger partial charge in [0, 0.05) is 52.0 Å². The summed E-state index contributed by atoms with van der Waals surface area (Å²) in [6.45, 7) is 12.0. The maximum Gasteiger partial charge on any atom is 0.121 e. The molecule has 1 unspecified atom stereocenters. The molecule has 1 atom stereocenters. The molecule has 2 aliphatic rings. The van der Waals surface area contributed by atoms with Gasteiger partial charge in [0.05, 0.1) is 29.3 Å². The average molecular weight is 588 g/mol. The van der Waals surface area contributed by atoms with Crippen molar-refractivity contribution in [3.63, 3.8) is 0 Å². The van der Waals surface area contributed by atoms with Crippen molar-refractivity contribution in [1.29, 1.82) is 0 Å². The van der Waals surface area contributed by atoms with Crippen molar-refractivity contribution < 1.29 is 0 Å². The van der Waals surface area contributed by atoms with Crippen LogP contribution in [0.3, 0.4) is 0 Å². The Morgan fingerprint density at radius 1 is 0.923 bits per heavy atom. The summed E-state index contributed by atoms with van der Waals surface area (Å²) in [5.41, 5.74) is 7.48. The summed E-state index contributed by atoms with van der Waals surface area (Å²) in [4.78, 5) is 20.9. The van der Waals surface area contributed by atoms with Gasteiger partial charge >= 0.3 is 0 Å². The Balaban J connectivity index is 0.00000308. The Morgan fingerprint density at radius 3 is 2.49 bits per heavy atom. The van der Waals surface area contributed by atoms with Crippen LogP contribution < -0.4 is 0 Å². The van der Waals surface area contributed by atoms with Gasteiger partial charge < -0.3 is 4.98 Å². The summed E-state index contributed by atoms with van der Waals surface area (Å²) in [5.74, 6) is 1.02. The van der Waals surface area contributed by atoms with Crippen LogP contribution in [0.4, 0.5) is 0 Å². The van der Waals surface area contributed by atoms with Gasteiger partial charge in [-0.1, -0.05) is 48.5 Å². The Kier molecular flexibility index (Phi) is 9.24. The molecular formula is C32H39BrN6. The number of hydrogen-bond donors (Lipinski definition) is 1. The molecular weight excluding hydrogens is 548 g/mol. The maximum absolute atomic E-state index is 4.91. The van der Waals surface area contributed by atoms with E-state index in [0.717, 1.165) is 82.1 Å². The van der Waals surface area contributed by atoms with E-state index in [9.17, 15) is 0 Å². The first-order chi connectivity index (χ1) is 18.7. The van der Waals surface area contributed by atoms with Gasteiger partial charge in [-0.2, -0.15) is 0 Å². The van der Waals surface area contributed by atoms with Gasteiger partial charge in [-0.15, -0.1) is 23.6 Å². The molecule has 39 heavy (non-hydrogen) atoms. The minimum Gasteiger partial charge on any atom is -0.341 e. The van der Waals surface area contributed by atoms with Gasteiger partial charge in [-0.3, -0.25) is 19.7 Å². The third-order valence-electron chi connectivity index (χ3n) is 8.06. The molecule has 1 aliphatic carbocycles. The molecule has 0 radical (unpaired) electrons. The lowest BCUT2D eigenvalue weighted by Crippen LogP contribution is -2.45. The molecule has 1 aliphatic heterocycles. The van der Waals surface area contributed by atoms with Crippen LogP contribution in [0, 0.1) is 0 Å². The summed E-state index contributed by atoms with van der Waals surface area (Å²) in [7, 11) is 0. The van der Waals surface area contributed by atoms with Gasteiger partial charge in [0.15, 0.2) is 0 Å². The van der Waals surface area contributed by atoms with Gasteiger partial charge in [-0.25, -0.2) is 4.98 Å². The monoisotopic (exact) mass is 586 g/mol. The third kappa shape index (κ3) is 6.67. The van der Waals surface area contributed by atoms with Gasteiger partial charge in [0.25, 0.3) is 0 Å². The number of hydrogen-bond acceptors (Lipinski definition) is 5. The molecule has 2 aromatic heterocycles. The number of fused-ring (bicyclic) bond motifs is 2. The van der Waals surface area contributed by atoms with E-state index >= 15 is 0 Å². The second kappa shape index (κ2) is 13.0. The predicted octanol–water partition coefficient (Wildman–Crippen LogP) is 5.92. The van der Waals surface area contributed by atoms with Crippen molar-refractivity contribution in [2.75, 3.05) is 32.7 Å². The van der Waals surface area contributed by atoms with E-state index in [1.165, 1.54) is 28.8 Å². The van der Waals surface area contributed by atoms with Crippen LogP contribution >= 0.6 is 17.0 Å². The lowest BCUT2D eigenvalue weighted by molar-refractivity contribution is 0.137. The first-order valence-electron chi connectivity index (χ1n) is 14.0. The summed E-state index contributed by atoms with van der Waals surface area (Å²) in [6.07, 6.45) is 7.39. The van der Waals surface area contributed by atoms with E-state index in [4.69, 9.17) is 9.97 Å². The molecule has 1 fully saturated rings. The van der Waals surface area contributed by atoms with E-state index in [2.05, 4.69) is 86.9 Å². The highest BCUT2D eigenvalue weighted by atomic mass is 79.9. The Bertz CT molecular complexity index is 1330. The third-order valence-corrected chi connectivity index (χ3v) is 8.06. The summed E-state index contributed by atoms with van der Waals surface area (Å²) < 4.78 is 0. The molecule has 3 heterocycles. The first-order valence-corrected chi connectivity index (χ1v) is 14.0. The molecule has 4 aromatic rings. The van der Waals surface area contributed by atoms with E-state index in [1.54, 1.807) is 0 Å². The van der Waals surface area contributed by atoms with Crippen molar-refractivity contribution >= 4 is 28.0 Å². The Hall–Kier alpha value is -2.84. The van der Waals surface area contributed by atoms with E-state index in [0.29, 0.717) is 6.04 Å². The van der Waals surface area contributed by atoms with Crippen LogP contribution in [0.5, 0.6) is 0 Å². The van der Waals surface area contributed by atoms with Crippen molar-refractivity contribution in [2.24, 2.45) is 0 Å². The molecule has 2 aromatic carbocycles. The number of nitrogens with one attached hydrogen (secondary N) is 1. The summed E-state index contributed by atoms with van der Waals surface area (Å²) >= 11 is 0. The van der Waals surface area contributed by atoms with E-state index in [-0.39, 0.29) is 17.0 Å². The molecule has 1 N–H and O–H groups in total. The summed E-state index contributed by atoms with van der Waals surface area (Å²) in [5, 5.41) is 0. The number of imidazole rings is 1. The first kappa shape index (κ1) is 27.7. The summed E-state index contributed by atoms with van der Waals surface area (Å²) in [6, 6.07) is 22.2. The predicted molar refractivity (Wildman–Crippen MR) is 164 cm³/mol.